The average Bonchev–Trinajstić information content (AvgIpc) is 2.50. The highest BCUT2D eigenvalue weighted by atomic mass is 16.2. The molecule has 0 radical (unpaired) electrons. The van der Waals surface area contributed by atoms with Crippen LogP contribution in [0.4, 0.5) is 11.4 Å². The molecule has 2 N–H and O–H groups in total. The molecule has 2 aromatic carbocycles. The quantitative estimate of drug-likeness (QED) is 0.857. The first-order valence-corrected chi connectivity index (χ1v) is 7.39. The van der Waals surface area contributed by atoms with Crippen LogP contribution in [0.3, 0.4) is 0 Å². The van der Waals surface area contributed by atoms with Crippen LogP contribution in [0.2, 0.25) is 0 Å². The molecular formula is C18H20N2O. The van der Waals surface area contributed by atoms with Gasteiger partial charge in [0, 0.05) is 17.9 Å². The van der Waals surface area contributed by atoms with Crippen LogP contribution in [0.1, 0.15) is 30.4 Å². The molecule has 0 saturated carbocycles. The van der Waals surface area contributed by atoms with Gasteiger partial charge >= 0.3 is 0 Å². The van der Waals surface area contributed by atoms with E-state index in [0.717, 1.165) is 29.9 Å². The minimum Gasteiger partial charge on any atom is -0.399 e. The molecular weight excluding hydrogens is 260 g/mol. The third-order valence-corrected chi connectivity index (χ3v) is 4.18. The van der Waals surface area contributed by atoms with Gasteiger partial charge in [0.15, 0.2) is 0 Å². The molecule has 1 amide bonds. The monoisotopic (exact) mass is 280 g/mol. The van der Waals surface area contributed by atoms with E-state index in [1.807, 2.05) is 47.4 Å². The van der Waals surface area contributed by atoms with Crippen molar-refractivity contribution >= 4 is 17.3 Å². The smallest absolute Gasteiger partial charge is 0.231 e. The molecule has 1 unspecified atom stereocenters. The van der Waals surface area contributed by atoms with Crippen molar-refractivity contribution in [3.8, 4) is 0 Å². The van der Waals surface area contributed by atoms with Crippen molar-refractivity contribution in [2.75, 3.05) is 17.2 Å². The normalized spacial score (nSPS) is 17.4. The van der Waals surface area contributed by atoms with Crippen LogP contribution < -0.4 is 10.6 Å². The van der Waals surface area contributed by atoms with E-state index in [-0.39, 0.29) is 5.91 Å². The van der Waals surface area contributed by atoms with Gasteiger partial charge in [0.05, 0.1) is 6.42 Å². The predicted molar refractivity (Wildman–Crippen MR) is 86.4 cm³/mol. The Hall–Kier alpha value is -2.29. The van der Waals surface area contributed by atoms with Crippen LogP contribution in [-0.4, -0.2) is 12.5 Å². The van der Waals surface area contributed by atoms with Crippen molar-refractivity contribution in [3.05, 3.63) is 59.7 Å². The number of hydrogen-bond acceptors (Lipinski definition) is 2. The minimum atomic E-state index is 0.152. The fraction of sp³-hybridized carbons (Fsp3) is 0.278. The summed E-state index contributed by atoms with van der Waals surface area (Å²) in [4.78, 5) is 14.5. The van der Waals surface area contributed by atoms with Crippen LogP contribution in [0.5, 0.6) is 0 Å². The molecule has 0 aromatic heterocycles. The highest BCUT2D eigenvalue weighted by Gasteiger charge is 2.25. The van der Waals surface area contributed by atoms with Gasteiger partial charge in [0.25, 0.3) is 0 Å². The van der Waals surface area contributed by atoms with E-state index in [2.05, 4.69) is 13.0 Å². The number of fused-ring (bicyclic) bond motifs is 1. The lowest BCUT2D eigenvalue weighted by atomic mass is 9.91. The van der Waals surface area contributed by atoms with Gasteiger partial charge in [-0.2, -0.15) is 0 Å². The Bertz CT molecular complexity index is 649. The molecule has 0 saturated heterocycles. The number of carbonyl (C=O) groups excluding carboxylic acids is 1. The maximum atomic E-state index is 12.6. The van der Waals surface area contributed by atoms with E-state index in [0.29, 0.717) is 12.3 Å². The molecule has 3 heteroatoms. The van der Waals surface area contributed by atoms with Crippen molar-refractivity contribution in [1.29, 1.82) is 0 Å². The molecule has 0 aliphatic carbocycles. The minimum absolute atomic E-state index is 0.152. The average molecular weight is 280 g/mol. The summed E-state index contributed by atoms with van der Waals surface area (Å²) in [6, 6.07) is 15.7. The second kappa shape index (κ2) is 5.60. The summed E-state index contributed by atoms with van der Waals surface area (Å²) in [6.45, 7) is 3.02. The topological polar surface area (TPSA) is 46.3 Å². The van der Waals surface area contributed by atoms with Gasteiger partial charge in [0.2, 0.25) is 5.91 Å². The van der Waals surface area contributed by atoms with E-state index in [1.54, 1.807) is 0 Å². The number of anilines is 2. The number of nitrogens with two attached hydrogens (primary N) is 1. The highest BCUT2D eigenvalue weighted by Crippen LogP contribution is 2.34. The zero-order valence-electron chi connectivity index (χ0n) is 12.3. The second-order valence-corrected chi connectivity index (χ2v) is 5.71. The van der Waals surface area contributed by atoms with Gasteiger partial charge in [-0.05, 0) is 41.7 Å². The summed E-state index contributed by atoms with van der Waals surface area (Å²) in [5.74, 6) is 0.667. The Kier molecular flexibility index (Phi) is 3.65. The van der Waals surface area contributed by atoms with Gasteiger partial charge in [-0.25, -0.2) is 0 Å². The number of nitrogens with zero attached hydrogens (tertiary/aromatic N) is 1. The number of carbonyl (C=O) groups is 1. The summed E-state index contributed by atoms with van der Waals surface area (Å²) in [5.41, 5.74) is 9.75. The van der Waals surface area contributed by atoms with Crippen LogP contribution in [0.25, 0.3) is 0 Å². The molecule has 3 nitrogen and oxygen atoms in total. The van der Waals surface area contributed by atoms with E-state index >= 15 is 0 Å². The molecule has 1 aliphatic heterocycles. The first kappa shape index (κ1) is 13.7. The SMILES string of the molecule is CC1CCN(C(=O)Cc2ccc(N)cc2)c2ccccc21. The summed E-state index contributed by atoms with van der Waals surface area (Å²) in [5, 5.41) is 0. The first-order chi connectivity index (χ1) is 10.1. The zero-order valence-corrected chi connectivity index (χ0v) is 12.3. The Labute approximate surface area is 125 Å². The lowest BCUT2D eigenvalue weighted by molar-refractivity contribution is -0.118. The van der Waals surface area contributed by atoms with E-state index in [4.69, 9.17) is 5.73 Å². The molecule has 2 aromatic rings. The van der Waals surface area contributed by atoms with Crippen LogP contribution in [0, 0.1) is 0 Å². The Morgan fingerprint density at radius 1 is 1.19 bits per heavy atom. The molecule has 1 heterocycles. The maximum Gasteiger partial charge on any atom is 0.231 e. The highest BCUT2D eigenvalue weighted by molar-refractivity contribution is 5.96. The summed E-state index contributed by atoms with van der Waals surface area (Å²) in [6.07, 6.45) is 1.44. The van der Waals surface area contributed by atoms with E-state index < -0.39 is 0 Å². The number of rotatable bonds is 2. The molecule has 108 valence electrons. The summed E-state index contributed by atoms with van der Waals surface area (Å²) >= 11 is 0. The van der Waals surface area contributed by atoms with Crippen molar-refractivity contribution in [2.24, 2.45) is 0 Å². The van der Waals surface area contributed by atoms with Crippen molar-refractivity contribution in [3.63, 3.8) is 0 Å². The van der Waals surface area contributed by atoms with E-state index in [1.165, 1.54) is 5.56 Å². The molecule has 21 heavy (non-hydrogen) atoms. The largest absolute Gasteiger partial charge is 0.399 e. The van der Waals surface area contributed by atoms with Gasteiger partial charge in [0.1, 0.15) is 0 Å². The molecule has 1 atom stereocenters. The van der Waals surface area contributed by atoms with Crippen LogP contribution >= 0.6 is 0 Å². The number of benzene rings is 2. The number of nitrogen functional groups attached to an aromatic ring is 1. The predicted octanol–water partition coefficient (Wildman–Crippen LogP) is 3.35. The Balaban J connectivity index is 1.82. The third kappa shape index (κ3) is 2.77. The van der Waals surface area contributed by atoms with Gasteiger partial charge in [-0.1, -0.05) is 37.3 Å². The van der Waals surface area contributed by atoms with Gasteiger partial charge < -0.3 is 10.6 Å². The second-order valence-electron chi connectivity index (χ2n) is 5.71. The maximum absolute atomic E-state index is 12.6. The zero-order chi connectivity index (χ0) is 14.8. The van der Waals surface area contributed by atoms with Gasteiger partial charge in [-0.3, -0.25) is 4.79 Å². The molecule has 1 aliphatic rings. The lowest BCUT2D eigenvalue weighted by Gasteiger charge is -2.33. The number of amides is 1. The van der Waals surface area contributed by atoms with Gasteiger partial charge in [-0.15, -0.1) is 0 Å². The fourth-order valence-corrected chi connectivity index (χ4v) is 2.91. The van der Waals surface area contributed by atoms with Crippen molar-refractivity contribution in [2.45, 2.75) is 25.7 Å². The van der Waals surface area contributed by atoms with Crippen molar-refractivity contribution < 1.29 is 4.79 Å². The summed E-state index contributed by atoms with van der Waals surface area (Å²) < 4.78 is 0. The first-order valence-electron chi connectivity index (χ1n) is 7.39. The molecule has 0 fully saturated rings. The van der Waals surface area contributed by atoms with Crippen LogP contribution in [0.15, 0.2) is 48.5 Å². The van der Waals surface area contributed by atoms with Crippen molar-refractivity contribution in [1.82, 2.24) is 0 Å². The molecule has 3 rings (SSSR count). The molecule has 0 bridgehead atoms. The standard InChI is InChI=1S/C18H20N2O/c1-13-10-11-20(17-5-3-2-4-16(13)17)18(21)12-14-6-8-15(19)9-7-14/h2-9,13H,10-12,19H2,1H3. The Morgan fingerprint density at radius 2 is 1.90 bits per heavy atom. The Morgan fingerprint density at radius 3 is 2.67 bits per heavy atom. The number of hydrogen-bond donors (Lipinski definition) is 1. The number of para-hydroxylation sites is 1. The third-order valence-electron chi connectivity index (χ3n) is 4.18. The fourth-order valence-electron chi connectivity index (χ4n) is 2.91. The lowest BCUT2D eigenvalue weighted by Crippen LogP contribution is -2.37. The summed E-state index contributed by atoms with van der Waals surface area (Å²) in [7, 11) is 0. The molecule has 0 spiro atoms. The van der Waals surface area contributed by atoms with Crippen LogP contribution in [-0.2, 0) is 11.2 Å². The van der Waals surface area contributed by atoms with E-state index in [9.17, 15) is 4.79 Å².